The van der Waals surface area contributed by atoms with E-state index in [1.807, 2.05) is 0 Å². The maximum absolute atomic E-state index is 12.6. The van der Waals surface area contributed by atoms with Gasteiger partial charge in [-0.3, -0.25) is 9.59 Å². The predicted octanol–water partition coefficient (Wildman–Crippen LogP) is 3.47. The molecule has 0 aromatic rings. The van der Waals surface area contributed by atoms with Crippen molar-refractivity contribution in [2.75, 3.05) is 19.6 Å². The highest BCUT2D eigenvalue weighted by Crippen LogP contribution is 2.19. The van der Waals surface area contributed by atoms with Gasteiger partial charge in [0.1, 0.15) is 6.04 Å². The first-order valence-corrected chi connectivity index (χ1v) is 12.2. The van der Waals surface area contributed by atoms with Crippen LogP contribution in [0.4, 0.5) is 0 Å². The van der Waals surface area contributed by atoms with Gasteiger partial charge in [-0.2, -0.15) is 0 Å². The van der Waals surface area contributed by atoms with E-state index in [9.17, 15) is 9.59 Å². The largest absolute Gasteiger partial charge is 0.354 e. The lowest BCUT2D eigenvalue weighted by molar-refractivity contribution is -0.139. The predicted molar refractivity (Wildman–Crippen MR) is 120 cm³/mol. The van der Waals surface area contributed by atoms with Gasteiger partial charge in [-0.05, 0) is 38.6 Å². The molecule has 0 saturated carbocycles. The lowest BCUT2D eigenvalue weighted by Gasteiger charge is -2.26. The van der Waals surface area contributed by atoms with Crippen LogP contribution in [0.25, 0.3) is 0 Å². The van der Waals surface area contributed by atoms with Crippen molar-refractivity contribution in [3.63, 3.8) is 0 Å². The smallest absolute Gasteiger partial charge is 0.242 e. The quantitative estimate of drug-likeness (QED) is 0.320. The van der Waals surface area contributed by atoms with Crippen LogP contribution in [-0.2, 0) is 9.59 Å². The summed E-state index contributed by atoms with van der Waals surface area (Å²) in [6, 6.07) is -0.858. The normalized spacial score (nSPS) is 17.5. The van der Waals surface area contributed by atoms with Gasteiger partial charge in [0.2, 0.25) is 11.8 Å². The minimum Gasteiger partial charge on any atom is -0.354 e. The Bertz CT molecular complexity index is 445. The summed E-state index contributed by atoms with van der Waals surface area (Å²) < 4.78 is 0. The topological polar surface area (TPSA) is 101 Å². The van der Waals surface area contributed by atoms with Crippen molar-refractivity contribution in [2.24, 2.45) is 11.5 Å². The summed E-state index contributed by atoms with van der Waals surface area (Å²) in [6.07, 6.45) is 16.8. The van der Waals surface area contributed by atoms with E-state index >= 15 is 0 Å². The number of hydrogen-bond acceptors (Lipinski definition) is 4. The molecule has 6 nitrogen and oxygen atoms in total. The van der Waals surface area contributed by atoms with Crippen LogP contribution in [0, 0.1) is 0 Å². The van der Waals surface area contributed by atoms with Crippen LogP contribution >= 0.6 is 0 Å². The molecule has 6 heteroatoms. The molecule has 1 saturated heterocycles. The monoisotopic (exact) mass is 410 g/mol. The third-order valence-electron chi connectivity index (χ3n) is 5.95. The first-order valence-electron chi connectivity index (χ1n) is 12.2. The van der Waals surface area contributed by atoms with Crippen molar-refractivity contribution in [2.45, 2.75) is 115 Å². The second-order valence-corrected chi connectivity index (χ2v) is 8.55. The van der Waals surface area contributed by atoms with Crippen LogP contribution in [0.2, 0.25) is 0 Å². The second kappa shape index (κ2) is 16.6. The number of nitrogens with zero attached hydrogens (tertiary/aromatic N) is 1. The van der Waals surface area contributed by atoms with Crippen LogP contribution in [0.3, 0.4) is 0 Å². The number of nitrogens with one attached hydrogen (secondary N) is 1. The summed E-state index contributed by atoms with van der Waals surface area (Å²) in [5.41, 5.74) is 11.5. The molecule has 1 rings (SSSR count). The number of likely N-dealkylation sites (tertiary alicyclic amines) is 1. The van der Waals surface area contributed by atoms with Gasteiger partial charge in [0.15, 0.2) is 0 Å². The summed E-state index contributed by atoms with van der Waals surface area (Å²) in [6.45, 7) is 4.21. The molecule has 1 heterocycles. The Morgan fingerprint density at radius 2 is 1.59 bits per heavy atom. The summed E-state index contributed by atoms with van der Waals surface area (Å²) in [5.74, 6) is -0.0976. The Morgan fingerprint density at radius 3 is 2.21 bits per heavy atom. The number of hydrogen-bond donors (Lipinski definition) is 3. The Balaban J connectivity index is 2.14. The molecule has 5 N–H and O–H groups in total. The number of rotatable bonds is 17. The van der Waals surface area contributed by atoms with E-state index in [4.69, 9.17) is 11.5 Å². The molecule has 0 spiro atoms. The number of nitrogens with two attached hydrogens (primary N) is 2. The molecule has 29 heavy (non-hydrogen) atoms. The highest BCUT2D eigenvalue weighted by molar-refractivity contribution is 5.90. The Labute approximate surface area is 178 Å². The molecule has 0 aliphatic carbocycles. The summed E-state index contributed by atoms with van der Waals surface area (Å²) in [5, 5.41) is 3.04. The molecule has 1 aliphatic heterocycles. The first kappa shape index (κ1) is 25.9. The van der Waals surface area contributed by atoms with Gasteiger partial charge in [0, 0.05) is 13.1 Å². The lowest BCUT2D eigenvalue weighted by atomic mass is 10.1. The summed E-state index contributed by atoms with van der Waals surface area (Å²) in [4.78, 5) is 26.8. The Kier molecular flexibility index (Phi) is 14.9. The van der Waals surface area contributed by atoms with Crippen LogP contribution in [0.5, 0.6) is 0 Å². The molecule has 0 aromatic heterocycles. The van der Waals surface area contributed by atoms with Crippen LogP contribution in [-0.4, -0.2) is 48.4 Å². The molecule has 0 bridgehead atoms. The zero-order valence-electron chi connectivity index (χ0n) is 18.8. The van der Waals surface area contributed by atoms with Crippen molar-refractivity contribution < 1.29 is 9.59 Å². The fourth-order valence-corrected chi connectivity index (χ4v) is 4.09. The first-order chi connectivity index (χ1) is 14.1. The molecule has 0 radical (unpaired) electrons. The maximum Gasteiger partial charge on any atom is 0.242 e. The zero-order chi connectivity index (χ0) is 21.3. The van der Waals surface area contributed by atoms with Crippen LogP contribution < -0.4 is 16.8 Å². The van der Waals surface area contributed by atoms with Gasteiger partial charge in [0.05, 0.1) is 6.04 Å². The van der Waals surface area contributed by atoms with Gasteiger partial charge in [-0.25, -0.2) is 0 Å². The van der Waals surface area contributed by atoms with Gasteiger partial charge in [-0.15, -0.1) is 0 Å². The van der Waals surface area contributed by atoms with Crippen molar-refractivity contribution >= 4 is 11.8 Å². The molecule has 2 atom stereocenters. The highest BCUT2D eigenvalue weighted by Gasteiger charge is 2.35. The van der Waals surface area contributed by atoms with Crippen LogP contribution in [0.15, 0.2) is 0 Å². The second-order valence-electron chi connectivity index (χ2n) is 8.55. The van der Waals surface area contributed by atoms with Gasteiger partial charge in [-0.1, -0.05) is 71.1 Å². The maximum atomic E-state index is 12.6. The number of amides is 2. The van der Waals surface area contributed by atoms with Crippen LogP contribution in [0.1, 0.15) is 103 Å². The molecule has 170 valence electrons. The number of carbonyl (C=O) groups is 2. The van der Waals surface area contributed by atoms with Crippen molar-refractivity contribution in [1.29, 1.82) is 0 Å². The standard InChI is InChI=1S/C23H46N4O2/c1-2-3-4-5-6-7-8-9-10-13-18-26-22(28)21-16-14-19-27(21)23(29)20(25)15-11-12-17-24/h20-21H,2-19,24-25H2,1H3,(H,26,28)/t20-,21-/m0/s1. The molecular weight excluding hydrogens is 364 g/mol. The third-order valence-corrected chi connectivity index (χ3v) is 5.95. The number of carbonyl (C=O) groups excluding carboxylic acids is 2. The van der Waals surface area contributed by atoms with E-state index in [0.717, 1.165) is 38.5 Å². The molecule has 0 aromatic carbocycles. The third kappa shape index (κ3) is 11.0. The van der Waals surface area contributed by atoms with E-state index in [2.05, 4.69) is 12.2 Å². The zero-order valence-corrected chi connectivity index (χ0v) is 18.8. The highest BCUT2D eigenvalue weighted by atomic mass is 16.2. The van der Waals surface area contributed by atoms with E-state index < -0.39 is 6.04 Å². The minimum atomic E-state index is -0.517. The van der Waals surface area contributed by atoms with Gasteiger partial charge >= 0.3 is 0 Å². The van der Waals surface area contributed by atoms with Gasteiger partial charge < -0.3 is 21.7 Å². The number of unbranched alkanes of at least 4 members (excludes halogenated alkanes) is 10. The Hall–Kier alpha value is -1.14. The van der Waals surface area contributed by atoms with Crippen molar-refractivity contribution in [1.82, 2.24) is 10.2 Å². The van der Waals surface area contributed by atoms with E-state index in [1.165, 1.54) is 51.4 Å². The van der Waals surface area contributed by atoms with E-state index in [0.29, 0.717) is 26.1 Å². The Morgan fingerprint density at radius 1 is 0.966 bits per heavy atom. The molecule has 2 amide bonds. The van der Waals surface area contributed by atoms with E-state index in [-0.39, 0.29) is 17.9 Å². The average molecular weight is 411 g/mol. The summed E-state index contributed by atoms with van der Waals surface area (Å²) in [7, 11) is 0. The molecule has 1 aliphatic rings. The minimum absolute atomic E-state index is 0.0130. The SMILES string of the molecule is CCCCCCCCCCCCNC(=O)[C@@H]1CCCN1C(=O)[C@@H](N)CCCCN. The lowest BCUT2D eigenvalue weighted by Crippen LogP contribution is -2.51. The van der Waals surface area contributed by atoms with Crippen molar-refractivity contribution in [3.8, 4) is 0 Å². The van der Waals surface area contributed by atoms with E-state index in [1.54, 1.807) is 4.90 Å². The average Bonchev–Trinajstić information content (AvgIpc) is 3.21. The molecule has 0 unspecified atom stereocenters. The molecular formula is C23H46N4O2. The van der Waals surface area contributed by atoms with Crippen molar-refractivity contribution in [3.05, 3.63) is 0 Å². The molecule has 1 fully saturated rings. The van der Waals surface area contributed by atoms with Gasteiger partial charge in [0.25, 0.3) is 0 Å². The fourth-order valence-electron chi connectivity index (χ4n) is 4.09. The summed E-state index contributed by atoms with van der Waals surface area (Å²) >= 11 is 0. The fraction of sp³-hybridized carbons (Fsp3) is 0.913.